The van der Waals surface area contributed by atoms with Gasteiger partial charge >= 0.3 is 34.3 Å². The van der Waals surface area contributed by atoms with Gasteiger partial charge in [-0.15, -0.1) is 12.4 Å². The van der Waals surface area contributed by atoms with Crippen molar-refractivity contribution in [2.24, 2.45) is 0 Å². The van der Waals surface area contributed by atoms with E-state index in [-0.39, 0.29) is 47.4 Å². The smallest absolute Gasteiger partial charge is 0.409 e. The second kappa shape index (κ2) is 39.9. The lowest BCUT2D eigenvalue weighted by atomic mass is 10.1. The zero-order chi connectivity index (χ0) is 63.1. The van der Waals surface area contributed by atoms with Crippen molar-refractivity contribution in [3.05, 3.63) is 213 Å². The number of amides is 2. The van der Waals surface area contributed by atoms with Crippen LogP contribution in [-0.4, -0.2) is 116 Å². The van der Waals surface area contributed by atoms with Crippen LogP contribution < -0.4 is 15.8 Å². The summed E-state index contributed by atoms with van der Waals surface area (Å²) in [5.74, 6) is -2.47. The minimum Gasteiger partial charge on any atom is -0.453 e. The molecule has 0 aliphatic carbocycles. The Balaban J connectivity index is 0.000000507. The molecule has 2 saturated heterocycles. The van der Waals surface area contributed by atoms with Crippen molar-refractivity contribution in [1.29, 1.82) is 0 Å². The predicted octanol–water partition coefficient (Wildman–Crippen LogP) is 13.1. The molecule has 2 amide bonds. The third-order valence-corrected chi connectivity index (χ3v) is 12.8. The highest BCUT2D eigenvalue weighted by atomic mass is 79.9. The Bertz CT molecular complexity index is 3120. The number of alkyl halides is 3. The molecule has 3 N–H and O–H groups in total. The van der Waals surface area contributed by atoms with E-state index in [1.165, 1.54) is 62.6 Å². The molecular weight excluding hydrogens is 1370 g/mol. The maximum atomic E-state index is 14.0. The molecular formula is C53H57Br3Cl2F4N10O13. The average molecular weight is 1430 g/mol. The van der Waals surface area contributed by atoms with Gasteiger partial charge in [0.25, 0.3) is 0 Å². The highest BCUT2D eigenvalue weighted by Crippen LogP contribution is 2.34. The second-order valence-electron chi connectivity index (χ2n) is 16.9. The number of benzene rings is 5. The largest absolute Gasteiger partial charge is 0.453 e. The van der Waals surface area contributed by atoms with Crippen molar-refractivity contribution in [2.45, 2.75) is 36.4 Å². The molecule has 5 aromatic carbocycles. The number of aryl methyl sites for hydroxylation is 2. The van der Waals surface area contributed by atoms with Crippen LogP contribution in [0.1, 0.15) is 38.6 Å². The molecule has 0 radical (unpaired) electrons. The first-order valence-corrected chi connectivity index (χ1v) is 27.7. The maximum absolute atomic E-state index is 14.0. The van der Waals surface area contributed by atoms with Gasteiger partial charge in [0.1, 0.15) is 5.75 Å². The van der Waals surface area contributed by atoms with Gasteiger partial charge < -0.3 is 30.3 Å². The number of hydrogen-bond donors (Lipinski definition) is 2. The number of nitrogens with zero attached hydrogens (tertiary/aromatic N) is 8. The number of anilines is 1. The summed E-state index contributed by atoms with van der Waals surface area (Å²) in [6, 6.07) is 28.7. The predicted molar refractivity (Wildman–Crippen MR) is 324 cm³/mol. The molecule has 2 aliphatic rings. The first-order valence-electron chi connectivity index (χ1n) is 24.4. The number of rotatable bonds is 9. The summed E-state index contributed by atoms with van der Waals surface area (Å²) < 4.78 is 61.9. The van der Waals surface area contributed by atoms with Gasteiger partial charge in [0.2, 0.25) is 29.2 Å². The number of aromatic nitrogens is 1. The number of halogens is 9. The number of carbonyl (C=O) groups excluding carboxylic acids is 3. The molecule has 2 fully saturated rings. The Kier molecular flexibility index (Phi) is 35.5. The van der Waals surface area contributed by atoms with Crippen molar-refractivity contribution in [1.82, 2.24) is 25.0 Å². The SMILES string of the molecule is CC(=O)N1CCNCC1.COC(=O)N1CCN(Cc2cccc([N+](=O)[O-])c2F)CC1.Cc1ccc(N)cn1.Cc1cccc([N+](=O)[O-])c1F.Cl.O=C(Cl)Oc1ccccc1.O=[N+]([O-])c1cccc(C(Br)Br)c1F.O=[N+]([O-])c1cccc(CBr)c1F. The first kappa shape index (κ1) is 75.5. The molecule has 6 aromatic rings. The van der Waals surface area contributed by atoms with Crippen LogP contribution in [0.2, 0.25) is 0 Å². The number of methoxy groups -OCH3 is 1. The van der Waals surface area contributed by atoms with Gasteiger partial charge in [-0.05, 0) is 43.7 Å². The maximum Gasteiger partial charge on any atom is 0.409 e. The Morgan fingerprint density at radius 1 is 0.659 bits per heavy atom. The van der Waals surface area contributed by atoms with E-state index in [9.17, 15) is 72.4 Å². The van der Waals surface area contributed by atoms with Gasteiger partial charge in [-0.2, -0.15) is 17.6 Å². The lowest BCUT2D eigenvalue weighted by Crippen LogP contribution is -2.48. The molecule has 85 heavy (non-hydrogen) atoms. The van der Waals surface area contributed by atoms with Crippen LogP contribution in [-0.2, 0) is 21.4 Å². The molecule has 1 aromatic heterocycles. The molecule has 0 bridgehead atoms. The number of nitro benzene ring substituents is 4. The number of nitrogen functional groups attached to an aromatic ring is 1. The number of hydrogen-bond acceptors (Lipinski definition) is 17. The van der Waals surface area contributed by atoms with Crippen molar-refractivity contribution in [2.75, 3.05) is 65.2 Å². The summed E-state index contributed by atoms with van der Waals surface area (Å²) in [5, 5.41) is 44.9. The molecule has 2 aliphatic heterocycles. The van der Waals surface area contributed by atoms with E-state index < -0.39 is 74.9 Å². The van der Waals surface area contributed by atoms with Crippen LogP contribution in [0.3, 0.4) is 0 Å². The normalized spacial score (nSPS) is 12.2. The molecule has 0 unspecified atom stereocenters. The summed E-state index contributed by atoms with van der Waals surface area (Å²) in [6.45, 7) is 11.1. The van der Waals surface area contributed by atoms with Gasteiger partial charge in [0.05, 0.1) is 42.4 Å². The van der Waals surface area contributed by atoms with Crippen LogP contribution in [0, 0.1) is 77.6 Å². The van der Waals surface area contributed by atoms with Gasteiger partial charge in [-0.1, -0.05) is 115 Å². The fourth-order valence-electron chi connectivity index (χ4n) is 6.76. The number of carbonyl (C=O) groups is 3. The number of para-hydroxylation sites is 1. The van der Waals surface area contributed by atoms with E-state index in [1.807, 2.05) is 34.9 Å². The van der Waals surface area contributed by atoms with E-state index >= 15 is 0 Å². The zero-order valence-electron chi connectivity index (χ0n) is 45.6. The molecule has 460 valence electrons. The molecule has 23 nitrogen and oxygen atoms in total. The fraction of sp³-hybridized carbons (Fsp3) is 0.283. The molecule has 0 atom stereocenters. The number of nitro groups is 4. The van der Waals surface area contributed by atoms with Gasteiger partial charge in [0, 0.05) is 129 Å². The number of piperazine rings is 2. The van der Waals surface area contributed by atoms with Crippen LogP contribution in [0.15, 0.2) is 121 Å². The van der Waals surface area contributed by atoms with E-state index in [0.29, 0.717) is 43.1 Å². The van der Waals surface area contributed by atoms with Crippen molar-refractivity contribution in [3.8, 4) is 5.75 Å². The topological polar surface area (TPSA) is 303 Å². The fourth-order valence-corrected chi connectivity index (χ4v) is 7.99. The molecule has 8 rings (SSSR count). The van der Waals surface area contributed by atoms with Crippen molar-refractivity contribution in [3.63, 3.8) is 0 Å². The Morgan fingerprint density at radius 2 is 1.13 bits per heavy atom. The molecule has 0 spiro atoms. The Hall–Kier alpha value is -7.48. The van der Waals surface area contributed by atoms with Gasteiger partial charge in [-0.3, -0.25) is 55.1 Å². The van der Waals surface area contributed by atoms with Crippen molar-refractivity contribution >= 4 is 118 Å². The van der Waals surface area contributed by atoms with Crippen LogP contribution in [0.25, 0.3) is 0 Å². The lowest BCUT2D eigenvalue weighted by Gasteiger charge is -2.33. The summed E-state index contributed by atoms with van der Waals surface area (Å²) in [7, 11) is 1.33. The van der Waals surface area contributed by atoms with E-state index in [4.69, 9.17) is 17.3 Å². The number of nitrogens with one attached hydrogen (secondary N) is 1. The average Bonchev–Trinajstić information content (AvgIpc) is 3.67. The summed E-state index contributed by atoms with van der Waals surface area (Å²) in [4.78, 5) is 80.0. The van der Waals surface area contributed by atoms with Gasteiger partial charge in [0.15, 0.2) is 0 Å². The third kappa shape index (κ3) is 27.4. The highest BCUT2D eigenvalue weighted by molar-refractivity contribution is 9.24. The minimum atomic E-state index is -0.814. The number of ether oxygens (including phenoxy) is 2. The minimum absolute atomic E-state index is 0. The number of pyridine rings is 1. The quantitative estimate of drug-likeness (QED) is 0.0447. The Labute approximate surface area is 521 Å². The van der Waals surface area contributed by atoms with Crippen molar-refractivity contribution < 1.29 is 61.1 Å². The zero-order valence-corrected chi connectivity index (χ0v) is 51.9. The van der Waals surface area contributed by atoms with Gasteiger partial charge in [-0.25, -0.2) is 9.59 Å². The molecule has 3 heterocycles. The summed E-state index contributed by atoms with van der Waals surface area (Å²) >= 11 is 14.1. The molecule has 32 heteroatoms. The van der Waals surface area contributed by atoms with E-state index in [2.05, 4.69) is 67.6 Å². The van der Waals surface area contributed by atoms with Crippen LogP contribution in [0.4, 0.5) is 55.6 Å². The number of nitrogens with two attached hydrogens (primary N) is 1. The summed E-state index contributed by atoms with van der Waals surface area (Å²) in [6.07, 6.45) is 1.27. The third-order valence-electron chi connectivity index (χ3n) is 11.1. The lowest BCUT2D eigenvalue weighted by molar-refractivity contribution is -0.387. The van der Waals surface area contributed by atoms with Crippen LogP contribution >= 0.6 is 71.8 Å². The Morgan fingerprint density at radius 3 is 1.54 bits per heavy atom. The highest BCUT2D eigenvalue weighted by Gasteiger charge is 2.25. The monoisotopic (exact) mass is 1420 g/mol. The first-order chi connectivity index (χ1) is 39.7. The van der Waals surface area contributed by atoms with E-state index in [0.717, 1.165) is 61.8 Å². The van der Waals surface area contributed by atoms with E-state index in [1.54, 1.807) is 42.3 Å². The standard InChI is InChI=1S/C13H16FN3O4.C7H4Br2FNO2.C7H5BrFNO2.C7H5ClO2.C7H6FNO2.C6H12N2O.C6H8N2.ClH/c1-21-13(18)16-7-5-15(6-8-16)9-10-3-2-4-11(12(10)14)17(19)20;8-7(9)4-2-1-3-5(6(4)10)11(12)13;8-4-5-2-1-3-6(7(5)9)10(11)12;8-7(9)10-6-4-2-1-3-5-6;1-5-3-2-4-6(7(5)8)9(10)11;1-6(9)8-4-2-7-3-5-8;1-5-2-3-6(7)4-8-5;/h2-4H,5-9H2,1H3;1-3,7H;1-3H,4H2;1-5H;2-4H,1H3;7H,2-5H2,1H3;2-4H,7H2,1H3;1H. The molecule has 0 saturated carbocycles. The second-order valence-corrected chi connectivity index (χ2v) is 20.9. The summed E-state index contributed by atoms with van der Waals surface area (Å²) in [5.41, 5.74) is 5.39. The van der Waals surface area contributed by atoms with Crippen LogP contribution in [0.5, 0.6) is 5.75 Å².